The predicted molar refractivity (Wildman–Crippen MR) is 113 cm³/mol. The molecule has 1 saturated heterocycles. The highest BCUT2D eigenvalue weighted by Crippen LogP contribution is 2.57. The minimum atomic E-state index is -3.17. The molecule has 10 heteroatoms. The molecule has 4 rings (SSSR count). The number of Topliss-reactive ketones (excluding diaryl/α,β-unsaturated/α-hetero) is 2. The van der Waals surface area contributed by atoms with Crippen molar-refractivity contribution in [3.63, 3.8) is 0 Å². The van der Waals surface area contributed by atoms with E-state index in [4.69, 9.17) is 4.74 Å². The van der Waals surface area contributed by atoms with Gasteiger partial charge in [0, 0.05) is 23.4 Å². The number of ether oxygens (including phenoxy) is 1. The van der Waals surface area contributed by atoms with Crippen molar-refractivity contribution in [2.45, 2.75) is 45.6 Å². The number of allylic oxidation sites excluding steroid dienone is 4. The Hall–Kier alpha value is -3.14. The molecule has 0 amide bonds. The summed E-state index contributed by atoms with van der Waals surface area (Å²) < 4.78 is 29.2. The number of phenols is 2. The Morgan fingerprint density at radius 2 is 1.88 bits per heavy atom. The summed E-state index contributed by atoms with van der Waals surface area (Å²) in [6, 6.07) is -0.421. The van der Waals surface area contributed by atoms with E-state index in [2.05, 4.69) is 5.32 Å². The van der Waals surface area contributed by atoms with E-state index in [0.717, 1.165) is 6.08 Å². The van der Waals surface area contributed by atoms with E-state index in [9.17, 15) is 33.0 Å². The van der Waals surface area contributed by atoms with Crippen LogP contribution in [-0.4, -0.2) is 53.5 Å². The Morgan fingerprint density at radius 3 is 2.44 bits per heavy atom. The summed E-state index contributed by atoms with van der Waals surface area (Å²) in [6.45, 7) is 5.63. The lowest BCUT2D eigenvalue weighted by Crippen LogP contribution is -2.42. The average Bonchev–Trinajstić information content (AvgIpc) is 3.16. The van der Waals surface area contributed by atoms with Crippen molar-refractivity contribution in [3.8, 4) is 17.2 Å². The first-order chi connectivity index (χ1) is 14.8. The molecule has 2 heterocycles. The van der Waals surface area contributed by atoms with Crippen molar-refractivity contribution in [1.82, 2.24) is 5.32 Å². The number of hydrogen-bond acceptors (Lipinski definition) is 9. The number of carbonyl (C=O) groups excluding carboxylic acids is 3. The van der Waals surface area contributed by atoms with Crippen LogP contribution < -0.4 is 10.1 Å². The van der Waals surface area contributed by atoms with Crippen LogP contribution in [0.3, 0.4) is 0 Å². The van der Waals surface area contributed by atoms with Gasteiger partial charge in [0.15, 0.2) is 27.2 Å². The van der Waals surface area contributed by atoms with Crippen molar-refractivity contribution in [2.75, 3.05) is 11.5 Å². The summed E-state index contributed by atoms with van der Waals surface area (Å²) in [4.78, 5) is 38.7. The lowest BCUT2D eigenvalue weighted by atomic mass is 9.70. The number of ketones is 3. The molecule has 170 valence electrons. The van der Waals surface area contributed by atoms with Gasteiger partial charge in [0.25, 0.3) is 0 Å². The van der Waals surface area contributed by atoms with Gasteiger partial charge in [-0.1, -0.05) is 0 Å². The molecule has 1 aromatic rings. The van der Waals surface area contributed by atoms with Gasteiger partial charge < -0.3 is 20.3 Å². The SMILES string of the molecule is CC(=O)c1c(O)c(C)c(O)c2c1OC1=CC(=O)C(=C(C)NC3CCS(=O)(=O)C3)C(=O)[C@@]12C. The zero-order valence-electron chi connectivity index (χ0n) is 18.0. The number of nitrogens with one attached hydrogen (secondary N) is 1. The predicted octanol–water partition coefficient (Wildman–Crippen LogP) is 1.35. The summed E-state index contributed by atoms with van der Waals surface area (Å²) >= 11 is 0. The maximum atomic E-state index is 13.7. The molecule has 1 unspecified atom stereocenters. The standard InChI is InChI=1S/C22H23NO8S/c1-9-18(26)16(11(3)24)20-17(19(9)27)22(4)14(31-20)7-13(25)15(21(22)28)10(2)23-12-5-6-32(29,30)8-12/h7,12,23,26-27H,5-6,8H2,1-4H3/t12?,22-/m0/s1. The van der Waals surface area contributed by atoms with Crippen LogP contribution in [0.5, 0.6) is 17.2 Å². The monoisotopic (exact) mass is 461 g/mol. The largest absolute Gasteiger partial charge is 0.507 e. The van der Waals surface area contributed by atoms with Gasteiger partial charge in [0.2, 0.25) is 0 Å². The van der Waals surface area contributed by atoms with Gasteiger partial charge in [-0.05, 0) is 34.1 Å². The third kappa shape index (κ3) is 2.96. The van der Waals surface area contributed by atoms with Gasteiger partial charge in [-0.3, -0.25) is 14.4 Å². The first kappa shape index (κ1) is 22.1. The quantitative estimate of drug-likeness (QED) is 0.345. The van der Waals surface area contributed by atoms with E-state index in [-0.39, 0.29) is 51.0 Å². The third-order valence-electron chi connectivity index (χ3n) is 6.41. The topological polar surface area (TPSA) is 147 Å². The van der Waals surface area contributed by atoms with E-state index < -0.39 is 50.1 Å². The molecule has 0 aromatic heterocycles. The van der Waals surface area contributed by atoms with Crippen LogP contribution in [0.4, 0.5) is 0 Å². The lowest BCUT2D eigenvalue weighted by molar-refractivity contribution is -0.123. The fourth-order valence-corrected chi connectivity index (χ4v) is 6.32. The highest BCUT2D eigenvalue weighted by molar-refractivity contribution is 7.91. The van der Waals surface area contributed by atoms with E-state index >= 15 is 0 Å². The van der Waals surface area contributed by atoms with E-state index in [0.29, 0.717) is 6.42 Å². The first-order valence-electron chi connectivity index (χ1n) is 10.1. The van der Waals surface area contributed by atoms with Crippen molar-refractivity contribution in [1.29, 1.82) is 0 Å². The Balaban J connectivity index is 1.87. The average molecular weight is 461 g/mol. The Labute approximate surface area is 184 Å². The molecule has 2 atom stereocenters. The maximum Gasteiger partial charge on any atom is 0.194 e. The second-order valence-corrected chi connectivity index (χ2v) is 10.9. The molecular weight excluding hydrogens is 438 g/mol. The molecule has 3 N–H and O–H groups in total. The summed E-state index contributed by atoms with van der Waals surface area (Å²) in [5, 5.41) is 24.2. The molecular formula is C22H23NO8S. The molecule has 3 aliphatic rings. The fraction of sp³-hybridized carbons (Fsp3) is 0.409. The van der Waals surface area contributed by atoms with Gasteiger partial charge in [-0.25, -0.2) is 8.42 Å². The Bertz CT molecular complexity index is 1290. The second-order valence-electron chi connectivity index (χ2n) is 8.63. The molecule has 2 aliphatic heterocycles. The molecule has 0 radical (unpaired) electrons. The summed E-state index contributed by atoms with van der Waals surface area (Å²) in [6.07, 6.45) is 1.49. The highest BCUT2D eigenvalue weighted by Gasteiger charge is 2.56. The second kappa shape index (κ2) is 6.93. The zero-order valence-corrected chi connectivity index (χ0v) is 18.8. The van der Waals surface area contributed by atoms with Crippen LogP contribution in [0, 0.1) is 6.92 Å². The number of sulfone groups is 1. The minimum Gasteiger partial charge on any atom is -0.507 e. The summed E-state index contributed by atoms with van der Waals surface area (Å²) in [5.74, 6) is -2.93. The number of fused-ring (bicyclic) bond motifs is 3. The third-order valence-corrected chi connectivity index (χ3v) is 8.18. The fourth-order valence-electron chi connectivity index (χ4n) is 4.65. The summed E-state index contributed by atoms with van der Waals surface area (Å²) in [5.41, 5.74) is -1.70. The number of hydrogen-bond donors (Lipinski definition) is 3. The number of carbonyl (C=O) groups is 3. The van der Waals surface area contributed by atoms with Crippen molar-refractivity contribution in [2.24, 2.45) is 0 Å². The van der Waals surface area contributed by atoms with Crippen molar-refractivity contribution in [3.05, 3.63) is 39.8 Å². The molecule has 32 heavy (non-hydrogen) atoms. The number of benzene rings is 1. The first-order valence-corrected chi connectivity index (χ1v) is 11.9. The van der Waals surface area contributed by atoms with E-state index in [1.165, 1.54) is 27.7 Å². The normalized spacial score (nSPS) is 27.4. The number of aromatic hydroxyl groups is 2. The van der Waals surface area contributed by atoms with Crippen LogP contribution >= 0.6 is 0 Å². The molecule has 0 saturated carbocycles. The van der Waals surface area contributed by atoms with E-state index in [1.807, 2.05) is 0 Å². The lowest BCUT2D eigenvalue weighted by Gasteiger charge is -2.29. The van der Waals surface area contributed by atoms with Gasteiger partial charge >= 0.3 is 0 Å². The molecule has 0 bridgehead atoms. The van der Waals surface area contributed by atoms with Gasteiger partial charge in [-0.2, -0.15) is 0 Å². The van der Waals surface area contributed by atoms with E-state index in [1.54, 1.807) is 0 Å². The van der Waals surface area contributed by atoms with Crippen LogP contribution in [0.25, 0.3) is 0 Å². The van der Waals surface area contributed by atoms with Gasteiger partial charge in [0.1, 0.15) is 34.0 Å². The van der Waals surface area contributed by atoms with Gasteiger partial charge in [-0.15, -0.1) is 0 Å². The zero-order chi connectivity index (χ0) is 23.7. The van der Waals surface area contributed by atoms with Crippen LogP contribution in [0.1, 0.15) is 48.7 Å². The Morgan fingerprint density at radius 1 is 1.22 bits per heavy atom. The molecule has 1 aliphatic carbocycles. The van der Waals surface area contributed by atoms with Gasteiger partial charge in [0.05, 0.1) is 22.6 Å². The maximum absolute atomic E-state index is 13.7. The number of phenolic OH excluding ortho intramolecular Hbond substituents is 2. The van der Waals surface area contributed by atoms with Crippen LogP contribution in [0.15, 0.2) is 23.1 Å². The minimum absolute atomic E-state index is 0.00972. The number of rotatable bonds is 3. The van der Waals surface area contributed by atoms with Crippen LogP contribution in [0.2, 0.25) is 0 Å². The smallest absolute Gasteiger partial charge is 0.194 e. The molecule has 9 nitrogen and oxygen atoms in total. The van der Waals surface area contributed by atoms with Crippen LogP contribution in [-0.2, 0) is 24.8 Å². The summed E-state index contributed by atoms with van der Waals surface area (Å²) in [7, 11) is -3.17. The molecule has 1 fully saturated rings. The van der Waals surface area contributed by atoms with Crippen molar-refractivity contribution >= 4 is 27.2 Å². The molecule has 1 aromatic carbocycles. The Kier molecular flexibility index (Phi) is 4.78. The molecule has 0 spiro atoms. The highest BCUT2D eigenvalue weighted by atomic mass is 32.2. The van der Waals surface area contributed by atoms with Crippen molar-refractivity contribution < 1.29 is 37.8 Å².